The van der Waals surface area contributed by atoms with E-state index in [0.29, 0.717) is 6.61 Å². The molecule has 1 aromatic heterocycles. The maximum atomic E-state index is 5.64. The zero-order chi connectivity index (χ0) is 11.3. The fourth-order valence-electron chi connectivity index (χ4n) is 0.895. The fraction of sp³-hybridized carbons (Fsp3) is 0.455. The molecule has 1 nitrogen and oxygen atoms in total. The third kappa shape index (κ3) is 5.52. The topological polar surface area (TPSA) is 9.23 Å². The molecular formula is C11H15BrOSSi. The lowest BCUT2D eigenvalue weighted by Crippen LogP contribution is -2.25. The first-order valence-electron chi connectivity index (χ1n) is 4.79. The van der Waals surface area contributed by atoms with Gasteiger partial charge < -0.3 is 4.43 Å². The van der Waals surface area contributed by atoms with Gasteiger partial charge in [-0.15, -0.1) is 0 Å². The molecule has 0 aromatic carbocycles. The monoisotopic (exact) mass is 302 g/mol. The largest absolute Gasteiger partial charge is 0.407 e. The summed E-state index contributed by atoms with van der Waals surface area (Å²) in [5, 5.41) is 4.20. The maximum Gasteiger partial charge on any atom is 0.185 e. The molecule has 0 aliphatic carbocycles. The zero-order valence-corrected chi connectivity index (χ0v) is 12.7. The Labute approximate surface area is 105 Å². The van der Waals surface area contributed by atoms with E-state index in [2.05, 4.69) is 58.2 Å². The summed E-state index contributed by atoms with van der Waals surface area (Å²) in [5.41, 5.74) is 1.26. The molecule has 0 bridgehead atoms. The van der Waals surface area contributed by atoms with Crippen LogP contribution in [0.15, 0.2) is 15.2 Å². The summed E-state index contributed by atoms with van der Waals surface area (Å²) in [4.78, 5) is 0. The second-order valence-corrected chi connectivity index (χ2v) is 10.3. The van der Waals surface area contributed by atoms with Crippen LogP contribution in [0.25, 0.3) is 0 Å². The minimum atomic E-state index is -1.39. The molecule has 0 amide bonds. The van der Waals surface area contributed by atoms with Crippen LogP contribution in [-0.2, 0) is 10.8 Å². The minimum Gasteiger partial charge on any atom is -0.407 e. The van der Waals surface area contributed by atoms with Crippen LogP contribution in [0.3, 0.4) is 0 Å². The van der Waals surface area contributed by atoms with E-state index >= 15 is 0 Å². The molecule has 0 aliphatic heterocycles. The van der Waals surface area contributed by atoms with Crippen molar-refractivity contribution in [1.29, 1.82) is 0 Å². The summed E-state index contributed by atoms with van der Waals surface area (Å²) in [6.07, 6.45) is 0.805. The number of thiophene rings is 1. The van der Waals surface area contributed by atoms with Crippen LogP contribution in [-0.4, -0.2) is 14.9 Å². The van der Waals surface area contributed by atoms with Crippen molar-refractivity contribution in [2.24, 2.45) is 0 Å². The van der Waals surface area contributed by atoms with Gasteiger partial charge in [0.2, 0.25) is 0 Å². The van der Waals surface area contributed by atoms with E-state index in [4.69, 9.17) is 4.43 Å². The highest BCUT2D eigenvalue weighted by Gasteiger charge is 2.12. The standard InChI is InChI=1S/C11H15BrOSSi/c1-15(2,3)13-7-5-4-6-10-8-14-9-11(10)12/h8-9H,6-7H2,1-3H3. The van der Waals surface area contributed by atoms with Crippen molar-refractivity contribution in [2.45, 2.75) is 26.1 Å². The van der Waals surface area contributed by atoms with Crippen LogP contribution in [0.2, 0.25) is 19.6 Å². The molecule has 0 N–H and O–H groups in total. The molecule has 4 heteroatoms. The van der Waals surface area contributed by atoms with Crippen LogP contribution in [0, 0.1) is 11.8 Å². The van der Waals surface area contributed by atoms with Crippen molar-refractivity contribution in [2.75, 3.05) is 6.61 Å². The molecule has 0 atom stereocenters. The van der Waals surface area contributed by atoms with Crippen molar-refractivity contribution in [3.63, 3.8) is 0 Å². The molecule has 1 heterocycles. The van der Waals surface area contributed by atoms with Crippen molar-refractivity contribution in [3.05, 3.63) is 20.8 Å². The Morgan fingerprint density at radius 1 is 1.33 bits per heavy atom. The van der Waals surface area contributed by atoms with Gasteiger partial charge in [-0.1, -0.05) is 11.8 Å². The maximum absolute atomic E-state index is 5.64. The number of hydrogen-bond acceptors (Lipinski definition) is 2. The lowest BCUT2D eigenvalue weighted by Gasteiger charge is -2.13. The third-order valence-corrected chi connectivity index (χ3v) is 4.51. The first-order valence-corrected chi connectivity index (χ1v) is 9.94. The molecule has 0 saturated carbocycles. The highest BCUT2D eigenvalue weighted by molar-refractivity contribution is 9.10. The van der Waals surface area contributed by atoms with Gasteiger partial charge in [-0.2, -0.15) is 11.3 Å². The molecule has 1 rings (SSSR count). The first kappa shape index (κ1) is 13.0. The highest BCUT2D eigenvalue weighted by Crippen LogP contribution is 2.21. The van der Waals surface area contributed by atoms with E-state index in [1.165, 1.54) is 5.56 Å². The second-order valence-electron chi connectivity index (χ2n) is 4.18. The smallest absolute Gasteiger partial charge is 0.185 e. The molecule has 82 valence electrons. The summed E-state index contributed by atoms with van der Waals surface area (Å²) < 4.78 is 6.80. The molecule has 0 aliphatic rings. The van der Waals surface area contributed by atoms with E-state index in [1.807, 2.05) is 0 Å². The Morgan fingerprint density at radius 2 is 2.07 bits per heavy atom. The Kier molecular flexibility index (Phi) is 5.07. The molecule has 0 spiro atoms. The van der Waals surface area contributed by atoms with Crippen LogP contribution < -0.4 is 0 Å². The van der Waals surface area contributed by atoms with E-state index in [9.17, 15) is 0 Å². The van der Waals surface area contributed by atoms with E-state index < -0.39 is 8.32 Å². The Morgan fingerprint density at radius 3 is 2.60 bits per heavy atom. The van der Waals surface area contributed by atoms with E-state index in [-0.39, 0.29) is 0 Å². The van der Waals surface area contributed by atoms with Gasteiger partial charge in [0.25, 0.3) is 0 Å². The molecule has 15 heavy (non-hydrogen) atoms. The predicted molar refractivity (Wildman–Crippen MR) is 72.8 cm³/mol. The summed E-state index contributed by atoms with van der Waals surface area (Å²) in [5.74, 6) is 6.18. The quantitative estimate of drug-likeness (QED) is 0.608. The first-order chi connectivity index (χ1) is 6.99. The SMILES string of the molecule is C[Si](C)(C)OCC#CCc1cscc1Br. The normalized spacial score (nSPS) is 10.9. The Balaban J connectivity index is 2.32. The summed E-state index contributed by atoms with van der Waals surface area (Å²) in [6, 6.07) is 0. The molecule has 0 unspecified atom stereocenters. The lowest BCUT2D eigenvalue weighted by molar-refractivity contribution is 0.365. The van der Waals surface area contributed by atoms with E-state index in [0.717, 1.165) is 10.9 Å². The number of hydrogen-bond donors (Lipinski definition) is 0. The lowest BCUT2D eigenvalue weighted by atomic mass is 10.2. The average Bonchev–Trinajstić information content (AvgIpc) is 2.49. The Hall–Kier alpha value is -0.0831. The van der Waals surface area contributed by atoms with Crippen LogP contribution in [0.1, 0.15) is 5.56 Å². The van der Waals surface area contributed by atoms with Crippen molar-refractivity contribution >= 4 is 35.6 Å². The number of rotatable bonds is 3. The fourth-order valence-corrected chi connectivity index (χ4v) is 2.84. The molecule has 1 aromatic rings. The van der Waals surface area contributed by atoms with Crippen LogP contribution in [0.4, 0.5) is 0 Å². The van der Waals surface area contributed by atoms with Crippen LogP contribution >= 0.6 is 27.3 Å². The third-order valence-electron chi connectivity index (χ3n) is 1.67. The molecular weight excluding hydrogens is 288 g/mol. The van der Waals surface area contributed by atoms with Gasteiger partial charge in [0.15, 0.2) is 8.32 Å². The minimum absolute atomic E-state index is 0.567. The van der Waals surface area contributed by atoms with Crippen LogP contribution in [0.5, 0.6) is 0 Å². The van der Waals surface area contributed by atoms with Gasteiger partial charge in [-0.3, -0.25) is 0 Å². The zero-order valence-electron chi connectivity index (χ0n) is 9.26. The van der Waals surface area contributed by atoms with Gasteiger partial charge in [-0.05, 0) is 46.5 Å². The second kappa shape index (κ2) is 5.85. The molecule has 0 fully saturated rings. The molecule has 0 radical (unpaired) electrons. The highest BCUT2D eigenvalue weighted by atomic mass is 79.9. The predicted octanol–water partition coefficient (Wildman–Crippen LogP) is 3.91. The summed E-state index contributed by atoms with van der Waals surface area (Å²) in [7, 11) is -1.39. The summed E-state index contributed by atoms with van der Waals surface area (Å²) in [6.45, 7) is 7.08. The van der Waals surface area contributed by atoms with Crippen molar-refractivity contribution in [3.8, 4) is 11.8 Å². The Bertz CT molecular complexity index is 370. The summed E-state index contributed by atoms with van der Waals surface area (Å²) >= 11 is 5.18. The van der Waals surface area contributed by atoms with E-state index in [1.54, 1.807) is 11.3 Å². The van der Waals surface area contributed by atoms with Gasteiger partial charge in [0, 0.05) is 16.3 Å². The van der Waals surface area contributed by atoms with Crippen molar-refractivity contribution < 1.29 is 4.43 Å². The van der Waals surface area contributed by atoms with Gasteiger partial charge >= 0.3 is 0 Å². The van der Waals surface area contributed by atoms with Gasteiger partial charge in [0.1, 0.15) is 0 Å². The van der Waals surface area contributed by atoms with Crippen molar-refractivity contribution in [1.82, 2.24) is 0 Å². The molecule has 0 saturated heterocycles. The van der Waals surface area contributed by atoms with Gasteiger partial charge in [-0.25, -0.2) is 0 Å². The van der Waals surface area contributed by atoms with Gasteiger partial charge in [0.05, 0.1) is 6.61 Å². The average molecular weight is 303 g/mol. The number of halogens is 1.